The van der Waals surface area contributed by atoms with Crippen molar-refractivity contribution in [3.63, 3.8) is 0 Å². The summed E-state index contributed by atoms with van der Waals surface area (Å²) in [4.78, 5) is 9.15. The van der Waals surface area contributed by atoms with Crippen molar-refractivity contribution < 1.29 is 4.74 Å². The number of aliphatic imine (C=N–C) groups is 1. The summed E-state index contributed by atoms with van der Waals surface area (Å²) in [5.74, 6) is 1.03. The van der Waals surface area contributed by atoms with Crippen LogP contribution in [0.4, 0.5) is 0 Å². The molecule has 0 aromatic rings. The van der Waals surface area contributed by atoms with Crippen LogP contribution in [0, 0.1) is 0 Å². The maximum Gasteiger partial charge on any atom is 0.193 e. The molecule has 0 radical (unpaired) electrons. The van der Waals surface area contributed by atoms with Crippen molar-refractivity contribution in [1.29, 1.82) is 0 Å². The van der Waals surface area contributed by atoms with Gasteiger partial charge in [-0.05, 0) is 40.2 Å². The Labute approximate surface area is 153 Å². The maximum absolute atomic E-state index is 5.70. The molecule has 132 valence electrons. The molecule has 5 nitrogen and oxygen atoms in total. The van der Waals surface area contributed by atoms with Crippen LogP contribution in [0.3, 0.4) is 0 Å². The van der Waals surface area contributed by atoms with E-state index in [1.807, 2.05) is 7.05 Å². The average molecular weight is 426 g/mol. The SMILES string of the molecule is CCOC1CCN(C(=NC)NCCN(C)C(C)CC)CC1.I. The molecule has 0 bridgehead atoms. The quantitative estimate of drug-likeness (QED) is 0.386. The first-order valence-corrected chi connectivity index (χ1v) is 8.39. The third-order valence-electron chi connectivity index (χ3n) is 4.45. The van der Waals surface area contributed by atoms with Gasteiger partial charge in [-0.25, -0.2) is 0 Å². The molecule has 1 heterocycles. The number of hydrogen-bond acceptors (Lipinski definition) is 3. The van der Waals surface area contributed by atoms with Gasteiger partial charge in [0.2, 0.25) is 0 Å². The minimum absolute atomic E-state index is 0. The first kappa shape index (κ1) is 21.9. The topological polar surface area (TPSA) is 40.1 Å². The van der Waals surface area contributed by atoms with Gasteiger partial charge in [0.1, 0.15) is 0 Å². The predicted molar refractivity (Wildman–Crippen MR) is 105 cm³/mol. The highest BCUT2D eigenvalue weighted by Gasteiger charge is 2.21. The first-order valence-electron chi connectivity index (χ1n) is 8.39. The van der Waals surface area contributed by atoms with E-state index in [0.29, 0.717) is 12.1 Å². The minimum atomic E-state index is 0. The molecular formula is C16H35IN4O. The summed E-state index contributed by atoms with van der Waals surface area (Å²) in [6.45, 7) is 11.4. The number of ether oxygens (including phenoxy) is 1. The summed E-state index contributed by atoms with van der Waals surface area (Å²) >= 11 is 0. The van der Waals surface area contributed by atoms with Crippen LogP contribution in [0.5, 0.6) is 0 Å². The number of piperidine rings is 1. The second-order valence-electron chi connectivity index (χ2n) is 5.85. The molecule has 1 unspecified atom stereocenters. The van der Waals surface area contributed by atoms with Crippen LogP contribution in [-0.4, -0.2) is 74.8 Å². The standard InChI is InChI=1S/C16H34N4O.HI/c1-6-14(3)19(5)13-10-18-16(17-4)20-11-8-15(9-12-20)21-7-2;/h14-15H,6-13H2,1-5H3,(H,17,18);1H. The van der Waals surface area contributed by atoms with E-state index in [1.165, 1.54) is 6.42 Å². The van der Waals surface area contributed by atoms with Crippen molar-refractivity contribution in [2.75, 3.05) is 46.9 Å². The second-order valence-corrected chi connectivity index (χ2v) is 5.85. The van der Waals surface area contributed by atoms with Crippen LogP contribution < -0.4 is 5.32 Å². The zero-order valence-corrected chi connectivity index (χ0v) is 17.3. The van der Waals surface area contributed by atoms with Gasteiger partial charge >= 0.3 is 0 Å². The van der Waals surface area contributed by atoms with Crippen molar-refractivity contribution in [3.05, 3.63) is 0 Å². The molecule has 0 aromatic heterocycles. The molecule has 22 heavy (non-hydrogen) atoms. The third-order valence-corrected chi connectivity index (χ3v) is 4.45. The van der Waals surface area contributed by atoms with Crippen LogP contribution in [0.25, 0.3) is 0 Å². The summed E-state index contributed by atoms with van der Waals surface area (Å²) in [7, 11) is 4.06. The van der Waals surface area contributed by atoms with Crippen molar-refractivity contribution in [2.45, 2.75) is 52.2 Å². The molecule has 1 aliphatic rings. The highest BCUT2D eigenvalue weighted by molar-refractivity contribution is 14.0. The van der Waals surface area contributed by atoms with Gasteiger partial charge in [-0.2, -0.15) is 0 Å². The normalized spacial score (nSPS) is 18.3. The van der Waals surface area contributed by atoms with Crippen LogP contribution in [0.1, 0.15) is 40.0 Å². The zero-order chi connectivity index (χ0) is 15.7. The highest BCUT2D eigenvalue weighted by Crippen LogP contribution is 2.13. The number of nitrogens with one attached hydrogen (secondary N) is 1. The molecule has 0 aliphatic carbocycles. The van der Waals surface area contributed by atoms with Gasteiger partial charge < -0.3 is 19.9 Å². The summed E-state index contributed by atoms with van der Waals surface area (Å²) in [5, 5.41) is 3.49. The summed E-state index contributed by atoms with van der Waals surface area (Å²) in [6.07, 6.45) is 3.82. The molecule has 0 aromatic carbocycles. The Balaban J connectivity index is 0.00000441. The fourth-order valence-corrected chi connectivity index (χ4v) is 2.68. The van der Waals surface area contributed by atoms with E-state index in [9.17, 15) is 0 Å². The van der Waals surface area contributed by atoms with Crippen molar-refractivity contribution in [1.82, 2.24) is 15.1 Å². The maximum atomic E-state index is 5.70. The molecule has 0 spiro atoms. The van der Waals surface area contributed by atoms with Crippen LogP contribution in [0.2, 0.25) is 0 Å². The van der Waals surface area contributed by atoms with E-state index in [-0.39, 0.29) is 24.0 Å². The van der Waals surface area contributed by atoms with E-state index in [4.69, 9.17) is 4.74 Å². The smallest absolute Gasteiger partial charge is 0.193 e. The molecule has 1 fully saturated rings. The van der Waals surface area contributed by atoms with E-state index in [2.05, 4.69) is 47.9 Å². The van der Waals surface area contributed by atoms with E-state index in [1.54, 1.807) is 0 Å². The van der Waals surface area contributed by atoms with Gasteiger partial charge in [0, 0.05) is 45.9 Å². The monoisotopic (exact) mass is 426 g/mol. The lowest BCUT2D eigenvalue weighted by Gasteiger charge is -2.34. The summed E-state index contributed by atoms with van der Waals surface area (Å²) in [6, 6.07) is 0.635. The lowest BCUT2D eigenvalue weighted by Crippen LogP contribution is -2.48. The van der Waals surface area contributed by atoms with Crippen molar-refractivity contribution in [3.8, 4) is 0 Å². The van der Waals surface area contributed by atoms with E-state index >= 15 is 0 Å². The van der Waals surface area contributed by atoms with Gasteiger partial charge in [-0.15, -0.1) is 24.0 Å². The molecule has 0 amide bonds. The molecule has 6 heteroatoms. The van der Waals surface area contributed by atoms with E-state index in [0.717, 1.165) is 51.6 Å². The molecular weight excluding hydrogens is 391 g/mol. The Morgan fingerprint density at radius 1 is 1.36 bits per heavy atom. The molecule has 1 rings (SSSR count). The number of rotatable bonds is 7. The molecule has 1 aliphatic heterocycles. The largest absolute Gasteiger partial charge is 0.378 e. The van der Waals surface area contributed by atoms with Crippen LogP contribution in [-0.2, 0) is 4.74 Å². The number of halogens is 1. The fraction of sp³-hybridized carbons (Fsp3) is 0.938. The number of guanidine groups is 1. The molecule has 0 saturated carbocycles. The van der Waals surface area contributed by atoms with Gasteiger partial charge in [-0.1, -0.05) is 6.92 Å². The second kappa shape index (κ2) is 12.4. The Kier molecular flexibility index (Phi) is 12.3. The fourth-order valence-electron chi connectivity index (χ4n) is 2.68. The minimum Gasteiger partial charge on any atom is -0.378 e. The van der Waals surface area contributed by atoms with Crippen molar-refractivity contribution >= 4 is 29.9 Å². The molecule has 1 atom stereocenters. The molecule has 1 N–H and O–H groups in total. The number of likely N-dealkylation sites (N-methyl/N-ethyl adjacent to an activating group) is 1. The van der Waals surface area contributed by atoms with Gasteiger partial charge in [0.25, 0.3) is 0 Å². The van der Waals surface area contributed by atoms with E-state index < -0.39 is 0 Å². The first-order chi connectivity index (χ1) is 10.1. The van der Waals surface area contributed by atoms with Gasteiger partial charge in [0.15, 0.2) is 5.96 Å². The lowest BCUT2D eigenvalue weighted by atomic mass is 10.1. The summed E-state index contributed by atoms with van der Waals surface area (Å²) < 4.78 is 5.70. The average Bonchev–Trinajstić information content (AvgIpc) is 2.52. The number of likely N-dealkylation sites (tertiary alicyclic amines) is 1. The third kappa shape index (κ3) is 7.46. The number of hydrogen-bond donors (Lipinski definition) is 1. The Morgan fingerprint density at radius 2 is 2.00 bits per heavy atom. The number of nitrogens with zero attached hydrogens (tertiary/aromatic N) is 3. The van der Waals surface area contributed by atoms with Crippen LogP contribution >= 0.6 is 24.0 Å². The zero-order valence-electron chi connectivity index (χ0n) is 15.0. The molecule has 1 saturated heterocycles. The van der Waals surface area contributed by atoms with Crippen LogP contribution in [0.15, 0.2) is 4.99 Å². The van der Waals surface area contributed by atoms with Gasteiger partial charge in [-0.3, -0.25) is 4.99 Å². The predicted octanol–water partition coefficient (Wildman–Crippen LogP) is 2.41. The summed E-state index contributed by atoms with van der Waals surface area (Å²) in [5.41, 5.74) is 0. The van der Waals surface area contributed by atoms with Gasteiger partial charge in [0.05, 0.1) is 6.10 Å². The Hall–Kier alpha value is -0.0800. The lowest BCUT2D eigenvalue weighted by molar-refractivity contribution is 0.0263. The Morgan fingerprint density at radius 3 is 2.50 bits per heavy atom. The highest BCUT2D eigenvalue weighted by atomic mass is 127. The van der Waals surface area contributed by atoms with Crippen molar-refractivity contribution in [2.24, 2.45) is 4.99 Å². The Bertz CT molecular complexity index is 307.